The molecule has 2 N–H and O–H groups in total. The number of nitrogens with zero attached hydrogens (tertiary/aromatic N) is 1. The van der Waals surface area contributed by atoms with Crippen molar-refractivity contribution in [3.05, 3.63) is 54.1 Å². The fourth-order valence-corrected chi connectivity index (χ4v) is 3.43. The quantitative estimate of drug-likeness (QED) is 0.704. The monoisotopic (exact) mass is 399 g/mol. The lowest BCUT2D eigenvalue weighted by atomic mass is 10.1. The molecular formula is C22H29N3O2S. The number of morpholine rings is 1. The zero-order chi connectivity index (χ0) is 19.9. The Labute approximate surface area is 173 Å². The third-order valence-electron chi connectivity index (χ3n) is 4.60. The number of nitrogens with one attached hydrogen (secondary N) is 2. The van der Waals surface area contributed by atoms with E-state index in [1.807, 2.05) is 38.1 Å². The van der Waals surface area contributed by atoms with Gasteiger partial charge in [-0.3, -0.25) is 0 Å². The largest absolute Gasteiger partial charge is 0.491 e. The van der Waals surface area contributed by atoms with Gasteiger partial charge in [0.1, 0.15) is 5.75 Å². The van der Waals surface area contributed by atoms with Crippen LogP contribution in [0.4, 0.5) is 11.4 Å². The summed E-state index contributed by atoms with van der Waals surface area (Å²) in [7, 11) is 0. The van der Waals surface area contributed by atoms with E-state index >= 15 is 0 Å². The lowest BCUT2D eigenvalue weighted by Crippen LogP contribution is -2.36. The van der Waals surface area contributed by atoms with E-state index in [-0.39, 0.29) is 12.1 Å². The van der Waals surface area contributed by atoms with Crippen LogP contribution < -0.4 is 20.3 Å². The summed E-state index contributed by atoms with van der Waals surface area (Å²) in [5.41, 5.74) is 3.37. The Morgan fingerprint density at radius 1 is 1.00 bits per heavy atom. The van der Waals surface area contributed by atoms with Crippen molar-refractivity contribution in [2.75, 3.05) is 36.5 Å². The second-order valence-electron chi connectivity index (χ2n) is 7.20. The first-order valence-corrected chi connectivity index (χ1v) is 10.2. The average molecular weight is 400 g/mol. The van der Waals surface area contributed by atoms with Crippen molar-refractivity contribution in [3.63, 3.8) is 0 Å². The summed E-state index contributed by atoms with van der Waals surface area (Å²) < 4.78 is 11.1. The van der Waals surface area contributed by atoms with E-state index in [9.17, 15) is 0 Å². The Morgan fingerprint density at radius 3 is 2.25 bits per heavy atom. The molecule has 6 heteroatoms. The summed E-state index contributed by atoms with van der Waals surface area (Å²) in [5, 5.41) is 7.17. The SMILES string of the molecule is CC(C)Oc1ccc(NC(=S)NC(C)c2ccc(N3CCOCC3)cc2)cc1. The van der Waals surface area contributed by atoms with Crippen molar-refractivity contribution in [1.29, 1.82) is 0 Å². The molecule has 0 aliphatic carbocycles. The molecule has 1 aliphatic rings. The molecule has 0 saturated carbocycles. The highest BCUT2D eigenvalue weighted by Crippen LogP contribution is 2.21. The second-order valence-corrected chi connectivity index (χ2v) is 7.61. The Morgan fingerprint density at radius 2 is 1.64 bits per heavy atom. The van der Waals surface area contributed by atoms with E-state index in [1.165, 1.54) is 11.3 Å². The number of thiocarbonyl (C=S) groups is 1. The van der Waals surface area contributed by atoms with Crippen molar-refractivity contribution in [2.45, 2.75) is 32.9 Å². The Hall–Kier alpha value is -2.31. The summed E-state index contributed by atoms with van der Waals surface area (Å²) >= 11 is 5.47. The van der Waals surface area contributed by atoms with Gasteiger partial charge in [-0.1, -0.05) is 12.1 Å². The van der Waals surface area contributed by atoms with E-state index in [0.717, 1.165) is 37.7 Å². The fraction of sp³-hybridized carbons (Fsp3) is 0.409. The van der Waals surface area contributed by atoms with Crippen molar-refractivity contribution in [3.8, 4) is 5.75 Å². The van der Waals surface area contributed by atoms with Crippen LogP contribution in [0.2, 0.25) is 0 Å². The molecule has 3 rings (SSSR count). The minimum absolute atomic E-state index is 0.113. The summed E-state index contributed by atoms with van der Waals surface area (Å²) in [6.07, 6.45) is 0.164. The Bertz CT molecular complexity index is 756. The maximum atomic E-state index is 5.66. The number of benzene rings is 2. The van der Waals surface area contributed by atoms with Crippen LogP contribution in [0.15, 0.2) is 48.5 Å². The summed E-state index contributed by atoms with van der Waals surface area (Å²) in [4.78, 5) is 2.35. The van der Waals surface area contributed by atoms with Gasteiger partial charge in [-0.25, -0.2) is 0 Å². The maximum absolute atomic E-state index is 5.66. The zero-order valence-corrected chi connectivity index (χ0v) is 17.6. The number of ether oxygens (including phenoxy) is 2. The van der Waals surface area contributed by atoms with Gasteiger partial charge in [-0.2, -0.15) is 0 Å². The van der Waals surface area contributed by atoms with Crippen molar-refractivity contribution < 1.29 is 9.47 Å². The average Bonchev–Trinajstić information content (AvgIpc) is 2.70. The molecule has 0 radical (unpaired) electrons. The van der Waals surface area contributed by atoms with E-state index in [0.29, 0.717) is 5.11 Å². The zero-order valence-electron chi connectivity index (χ0n) is 16.8. The minimum Gasteiger partial charge on any atom is -0.491 e. The van der Waals surface area contributed by atoms with Crippen LogP contribution in [0.1, 0.15) is 32.4 Å². The maximum Gasteiger partial charge on any atom is 0.171 e. The first-order chi connectivity index (χ1) is 13.5. The molecule has 5 nitrogen and oxygen atoms in total. The molecule has 0 bridgehead atoms. The summed E-state index contributed by atoms with van der Waals surface area (Å²) in [6, 6.07) is 16.6. The predicted octanol–water partition coefficient (Wildman–Crippen LogP) is 4.36. The molecule has 0 spiro atoms. The molecule has 1 atom stereocenters. The van der Waals surface area contributed by atoms with Crippen molar-refractivity contribution >= 4 is 28.7 Å². The first-order valence-electron chi connectivity index (χ1n) is 9.78. The summed E-state index contributed by atoms with van der Waals surface area (Å²) in [6.45, 7) is 9.62. The normalized spacial score (nSPS) is 15.2. The lowest BCUT2D eigenvalue weighted by molar-refractivity contribution is 0.122. The smallest absolute Gasteiger partial charge is 0.171 e. The standard InChI is InChI=1S/C22H29N3O2S/c1-16(2)27-21-10-6-19(7-11-21)24-22(28)23-17(3)18-4-8-20(9-5-18)25-12-14-26-15-13-25/h4-11,16-17H,12-15H2,1-3H3,(H2,23,24,28). The highest BCUT2D eigenvalue weighted by molar-refractivity contribution is 7.80. The molecule has 1 aliphatic heterocycles. The van der Waals surface area contributed by atoms with Crippen LogP contribution in [-0.2, 0) is 4.74 Å². The van der Waals surface area contributed by atoms with Gasteiger partial charge in [-0.15, -0.1) is 0 Å². The second kappa shape index (κ2) is 9.75. The predicted molar refractivity (Wildman–Crippen MR) is 119 cm³/mol. The van der Waals surface area contributed by atoms with Gasteiger partial charge < -0.3 is 25.0 Å². The van der Waals surface area contributed by atoms with E-state index in [4.69, 9.17) is 21.7 Å². The van der Waals surface area contributed by atoms with Crippen LogP contribution >= 0.6 is 12.2 Å². The van der Waals surface area contributed by atoms with Crippen LogP contribution in [0.25, 0.3) is 0 Å². The molecule has 28 heavy (non-hydrogen) atoms. The Balaban J connectivity index is 1.52. The fourth-order valence-electron chi connectivity index (χ4n) is 3.13. The molecule has 0 aromatic heterocycles. The number of hydrogen-bond donors (Lipinski definition) is 2. The van der Waals surface area contributed by atoms with E-state index < -0.39 is 0 Å². The molecule has 1 fully saturated rings. The molecule has 2 aromatic carbocycles. The molecular weight excluding hydrogens is 370 g/mol. The Kier molecular flexibility index (Phi) is 7.12. The van der Waals surface area contributed by atoms with Crippen molar-refractivity contribution in [1.82, 2.24) is 5.32 Å². The lowest BCUT2D eigenvalue weighted by Gasteiger charge is -2.29. The third-order valence-corrected chi connectivity index (χ3v) is 4.82. The molecule has 1 heterocycles. The minimum atomic E-state index is 0.113. The van der Waals surface area contributed by atoms with Gasteiger partial charge >= 0.3 is 0 Å². The van der Waals surface area contributed by atoms with Gasteiger partial charge in [-0.05, 0) is 75.0 Å². The van der Waals surface area contributed by atoms with Gasteiger partial charge in [0.05, 0.1) is 25.4 Å². The topological polar surface area (TPSA) is 45.8 Å². The van der Waals surface area contributed by atoms with Gasteiger partial charge in [0.25, 0.3) is 0 Å². The van der Waals surface area contributed by atoms with Crippen molar-refractivity contribution in [2.24, 2.45) is 0 Å². The molecule has 0 amide bonds. The van der Waals surface area contributed by atoms with Crippen LogP contribution in [0.5, 0.6) is 5.75 Å². The van der Waals surface area contributed by atoms with Crippen LogP contribution in [-0.4, -0.2) is 37.5 Å². The number of anilines is 2. The van der Waals surface area contributed by atoms with E-state index in [2.05, 4.69) is 46.7 Å². The highest BCUT2D eigenvalue weighted by Gasteiger charge is 2.12. The van der Waals surface area contributed by atoms with Gasteiger partial charge in [0.2, 0.25) is 0 Å². The first kappa shape index (κ1) is 20.4. The molecule has 150 valence electrons. The van der Waals surface area contributed by atoms with E-state index in [1.54, 1.807) is 0 Å². The van der Waals surface area contributed by atoms with Gasteiger partial charge in [0, 0.05) is 24.5 Å². The number of hydrogen-bond acceptors (Lipinski definition) is 4. The van der Waals surface area contributed by atoms with Crippen LogP contribution in [0, 0.1) is 0 Å². The molecule has 1 saturated heterocycles. The molecule has 2 aromatic rings. The highest BCUT2D eigenvalue weighted by atomic mass is 32.1. The number of rotatable bonds is 6. The third kappa shape index (κ3) is 5.84. The van der Waals surface area contributed by atoms with Crippen LogP contribution in [0.3, 0.4) is 0 Å². The van der Waals surface area contributed by atoms with Gasteiger partial charge in [0.15, 0.2) is 5.11 Å². The summed E-state index contributed by atoms with van der Waals surface area (Å²) in [5.74, 6) is 0.855. The molecule has 1 unspecified atom stereocenters.